The van der Waals surface area contributed by atoms with Crippen LogP contribution in [0.5, 0.6) is 11.5 Å². The lowest BCUT2D eigenvalue weighted by Crippen LogP contribution is -2.38. The van der Waals surface area contributed by atoms with Gasteiger partial charge in [-0.1, -0.05) is 6.07 Å². The van der Waals surface area contributed by atoms with Crippen LogP contribution in [0.15, 0.2) is 35.5 Å². The number of aromatic nitrogens is 1. The standard InChI is InChI=1S/C20H28N4O2.HI/c1-14-8-7-9-22-17(14)12-23-20(21-3)24(4)13-16-11-19(26-6)18(25-5)10-15(16)2;/h7-11H,12-13H2,1-6H3,(H,21,23);1H. The Morgan fingerprint density at radius 1 is 1.15 bits per heavy atom. The minimum absolute atomic E-state index is 0. The van der Waals surface area contributed by atoms with E-state index in [-0.39, 0.29) is 24.0 Å². The number of halogens is 1. The molecule has 148 valence electrons. The van der Waals surface area contributed by atoms with Gasteiger partial charge in [0.05, 0.1) is 26.5 Å². The fourth-order valence-electron chi connectivity index (χ4n) is 2.77. The first-order valence-corrected chi connectivity index (χ1v) is 8.54. The molecule has 0 saturated heterocycles. The van der Waals surface area contributed by atoms with E-state index < -0.39 is 0 Å². The number of benzene rings is 1. The van der Waals surface area contributed by atoms with Gasteiger partial charge in [-0.05, 0) is 48.7 Å². The zero-order valence-corrected chi connectivity index (χ0v) is 19.2. The maximum absolute atomic E-state index is 5.42. The van der Waals surface area contributed by atoms with Crippen molar-refractivity contribution in [3.8, 4) is 11.5 Å². The Morgan fingerprint density at radius 3 is 2.41 bits per heavy atom. The van der Waals surface area contributed by atoms with Crippen molar-refractivity contribution < 1.29 is 9.47 Å². The van der Waals surface area contributed by atoms with Crippen LogP contribution in [0.1, 0.15) is 22.4 Å². The van der Waals surface area contributed by atoms with Gasteiger partial charge in [-0.3, -0.25) is 9.98 Å². The highest BCUT2D eigenvalue weighted by atomic mass is 127. The third-order valence-corrected chi connectivity index (χ3v) is 4.35. The van der Waals surface area contributed by atoms with Crippen LogP contribution >= 0.6 is 24.0 Å². The smallest absolute Gasteiger partial charge is 0.194 e. The van der Waals surface area contributed by atoms with Crippen LogP contribution < -0.4 is 14.8 Å². The normalized spacial score (nSPS) is 10.8. The summed E-state index contributed by atoms with van der Waals surface area (Å²) in [6.07, 6.45) is 1.81. The summed E-state index contributed by atoms with van der Waals surface area (Å²) < 4.78 is 10.8. The number of ether oxygens (including phenoxy) is 2. The van der Waals surface area contributed by atoms with Crippen LogP contribution in [0.3, 0.4) is 0 Å². The van der Waals surface area contributed by atoms with Gasteiger partial charge in [0.25, 0.3) is 0 Å². The largest absolute Gasteiger partial charge is 0.493 e. The van der Waals surface area contributed by atoms with E-state index in [2.05, 4.69) is 40.1 Å². The van der Waals surface area contributed by atoms with Gasteiger partial charge in [-0.15, -0.1) is 24.0 Å². The van der Waals surface area contributed by atoms with Gasteiger partial charge in [0.1, 0.15) is 0 Å². The van der Waals surface area contributed by atoms with E-state index in [9.17, 15) is 0 Å². The molecule has 2 aromatic rings. The number of nitrogens with one attached hydrogen (secondary N) is 1. The van der Waals surface area contributed by atoms with Crippen molar-refractivity contribution >= 4 is 29.9 Å². The molecule has 7 heteroatoms. The minimum Gasteiger partial charge on any atom is -0.493 e. The molecule has 0 atom stereocenters. The van der Waals surface area contributed by atoms with E-state index >= 15 is 0 Å². The van der Waals surface area contributed by atoms with E-state index in [1.807, 2.05) is 31.4 Å². The average molecular weight is 484 g/mol. The fourth-order valence-corrected chi connectivity index (χ4v) is 2.77. The summed E-state index contributed by atoms with van der Waals surface area (Å²) in [5.41, 5.74) is 4.48. The van der Waals surface area contributed by atoms with Crippen molar-refractivity contribution in [2.45, 2.75) is 26.9 Å². The number of hydrogen-bond donors (Lipinski definition) is 1. The second-order valence-electron chi connectivity index (χ2n) is 6.16. The van der Waals surface area contributed by atoms with Crippen LogP contribution in [0.25, 0.3) is 0 Å². The lowest BCUT2D eigenvalue weighted by molar-refractivity contribution is 0.353. The maximum Gasteiger partial charge on any atom is 0.194 e. The summed E-state index contributed by atoms with van der Waals surface area (Å²) in [4.78, 5) is 10.9. The van der Waals surface area contributed by atoms with Crippen molar-refractivity contribution in [1.82, 2.24) is 15.2 Å². The van der Waals surface area contributed by atoms with Gasteiger partial charge in [0.15, 0.2) is 17.5 Å². The molecular weight excluding hydrogens is 455 g/mol. The van der Waals surface area contributed by atoms with Gasteiger partial charge in [-0.25, -0.2) is 0 Å². The van der Waals surface area contributed by atoms with E-state index in [0.29, 0.717) is 13.1 Å². The highest BCUT2D eigenvalue weighted by Gasteiger charge is 2.13. The Morgan fingerprint density at radius 2 is 1.81 bits per heavy atom. The average Bonchev–Trinajstić information content (AvgIpc) is 2.64. The Balaban J connectivity index is 0.00000364. The monoisotopic (exact) mass is 484 g/mol. The molecule has 0 spiro atoms. The van der Waals surface area contributed by atoms with Crippen LogP contribution in [-0.4, -0.2) is 44.2 Å². The van der Waals surface area contributed by atoms with Crippen LogP contribution in [0, 0.1) is 13.8 Å². The lowest BCUT2D eigenvalue weighted by atomic mass is 10.1. The van der Waals surface area contributed by atoms with Crippen molar-refractivity contribution in [3.05, 3.63) is 52.8 Å². The zero-order valence-electron chi connectivity index (χ0n) is 16.9. The summed E-state index contributed by atoms with van der Waals surface area (Å²) in [6.45, 7) is 5.46. The molecule has 1 aromatic carbocycles. The Labute approximate surface area is 179 Å². The highest BCUT2D eigenvalue weighted by Crippen LogP contribution is 2.30. The van der Waals surface area contributed by atoms with Crippen LogP contribution in [0.2, 0.25) is 0 Å². The predicted octanol–water partition coefficient (Wildman–Crippen LogP) is 3.54. The second-order valence-corrected chi connectivity index (χ2v) is 6.16. The quantitative estimate of drug-likeness (QED) is 0.386. The Bertz CT molecular complexity index is 781. The molecule has 27 heavy (non-hydrogen) atoms. The van der Waals surface area contributed by atoms with Gasteiger partial charge in [0, 0.05) is 26.8 Å². The molecule has 1 heterocycles. The van der Waals surface area contributed by atoms with Gasteiger partial charge in [-0.2, -0.15) is 0 Å². The molecule has 0 amide bonds. The number of rotatable bonds is 6. The summed E-state index contributed by atoms with van der Waals surface area (Å²) in [5.74, 6) is 2.28. The summed E-state index contributed by atoms with van der Waals surface area (Å²) in [7, 11) is 7.09. The zero-order chi connectivity index (χ0) is 19.1. The first-order valence-electron chi connectivity index (χ1n) is 8.54. The summed E-state index contributed by atoms with van der Waals surface area (Å²) in [6, 6.07) is 8.01. The molecule has 0 aliphatic carbocycles. The van der Waals surface area contributed by atoms with Gasteiger partial charge < -0.3 is 19.7 Å². The number of guanidine groups is 1. The molecule has 0 aliphatic heterocycles. The summed E-state index contributed by atoms with van der Waals surface area (Å²) >= 11 is 0. The molecule has 1 aromatic heterocycles. The lowest BCUT2D eigenvalue weighted by Gasteiger charge is -2.24. The second kappa shape index (κ2) is 11.0. The van der Waals surface area contributed by atoms with Crippen molar-refractivity contribution in [2.24, 2.45) is 4.99 Å². The van der Waals surface area contributed by atoms with Gasteiger partial charge >= 0.3 is 0 Å². The number of pyridine rings is 1. The molecule has 0 radical (unpaired) electrons. The topological polar surface area (TPSA) is 59.0 Å². The van der Waals surface area contributed by atoms with Crippen LogP contribution in [0.4, 0.5) is 0 Å². The van der Waals surface area contributed by atoms with Crippen molar-refractivity contribution in [1.29, 1.82) is 0 Å². The molecule has 0 bridgehead atoms. The predicted molar refractivity (Wildman–Crippen MR) is 120 cm³/mol. The maximum atomic E-state index is 5.42. The van der Waals surface area contributed by atoms with E-state index in [4.69, 9.17) is 9.47 Å². The minimum atomic E-state index is 0. The summed E-state index contributed by atoms with van der Waals surface area (Å²) in [5, 5.41) is 3.37. The third kappa shape index (κ3) is 5.98. The van der Waals surface area contributed by atoms with Crippen molar-refractivity contribution in [3.63, 3.8) is 0 Å². The molecular formula is C20H29IN4O2. The number of nitrogens with zero attached hydrogens (tertiary/aromatic N) is 3. The number of hydrogen-bond acceptors (Lipinski definition) is 4. The third-order valence-electron chi connectivity index (χ3n) is 4.35. The number of methoxy groups -OCH3 is 2. The van der Waals surface area contributed by atoms with Crippen LogP contribution in [-0.2, 0) is 13.1 Å². The Kier molecular flexibility index (Phi) is 9.34. The van der Waals surface area contributed by atoms with E-state index in [0.717, 1.165) is 39.8 Å². The molecule has 0 aliphatic rings. The van der Waals surface area contributed by atoms with Crippen molar-refractivity contribution in [2.75, 3.05) is 28.3 Å². The van der Waals surface area contributed by atoms with Gasteiger partial charge in [0.2, 0.25) is 0 Å². The molecule has 0 saturated carbocycles. The van der Waals surface area contributed by atoms with E-state index in [1.54, 1.807) is 21.3 Å². The molecule has 1 N–H and O–H groups in total. The Hall–Kier alpha value is -2.03. The first-order chi connectivity index (χ1) is 12.5. The molecule has 0 unspecified atom stereocenters. The highest BCUT2D eigenvalue weighted by molar-refractivity contribution is 14.0. The fraction of sp³-hybridized carbons (Fsp3) is 0.400. The molecule has 0 fully saturated rings. The van der Waals surface area contributed by atoms with E-state index in [1.165, 1.54) is 0 Å². The molecule has 2 rings (SSSR count). The number of aryl methyl sites for hydroxylation is 2. The number of aliphatic imine (C=N–C) groups is 1. The first kappa shape index (κ1) is 23.0. The SMILES string of the molecule is CN=C(NCc1ncccc1C)N(C)Cc1cc(OC)c(OC)cc1C.I. The molecule has 6 nitrogen and oxygen atoms in total.